The fourth-order valence-corrected chi connectivity index (χ4v) is 1.74. The first kappa shape index (κ1) is 15.2. The van der Waals surface area contributed by atoms with Crippen LogP contribution in [0, 0.1) is 0 Å². The lowest BCUT2D eigenvalue weighted by molar-refractivity contribution is -0.134. The van der Waals surface area contributed by atoms with Crippen LogP contribution >= 0.6 is 0 Å². The van der Waals surface area contributed by atoms with E-state index in [9.17, 15) is 9.59 Å². The summed E-state index contributed by atoms with van der Waals surface area (Å²) < 4.78 is 0. The number of amides is 2. The standard InChI is InChI=1S/C14H20N2O3/c1-2-3-9-13(17)15-12(14(18)16-19)10-11-7-5-4-6-8-11/h4-8,12,19H,2-3,9-10H2,1H3,(H,15,17)(H,16,18). The van der Waals surface area contributed by atoms with Crippen molar-refractivity contribution in [3.8, 4) is 0 Å². The van der Waals surface area contributed by atoms with E-state index in [0.29, 0.717) is 12.8 Å². The molecule has 1 atom stereocenters. The number of carbonyl (C=O) groups excluding carboxylic acids is 2. The Morgan fingerprint density at radius 3 is 2.53 bits per heavy atom. The molecule has 0 aromatic heterocycles. The van der Waals surface area contributed by atoms with E-state index in [1.807, 2.05) is 37.3 Å². The highest BCUT2D eigenvalue weighted by Gasteiger charge is 2.20. The van der Waals surface area contributed by atoms with E-state index in [0.717, 1.165) is 18.4 Å². The molecule has 0 fully saturated rings. The van der Waals surface area contributed by atoms with E-state index < -0.39 is 11.9 Å². The minimum absolute atomic E-state index is 0.175. The molecule has 3 N–H and O–H groups in total. The Morgan fingerprint density at radius 2 is 1.95 bits per heavy atom. The Hall–Kier alpha value is -1.88. The Balaban J connectivity index is 2.62. The highest BCUT2D eigenvalue weighted by molar-refractivity contribution is 5.87. The average Bonchev–Trinajstić information content (AvgIpc) is 2.44. The molecule has 0 radical (unpaired) electrons. The van der Waals surface area contributed by atoms with Gasteiger partial charge in [-0.3, -0.25) is 14.8 Å². The van der Waals surface area contributed by atoms with Crippen LogP contribution in [0.25, 0.3) is 0 Å². The predicted octanol–water partition coefficient (Wildman–Crippen LogP) is 1.41. The first-order chi connectivity index (χ1) is 9.17. The SMILES string of the molecule is CCCCC(=O)NC(Cc1ccccc1)C(=O)NO. The van der Waals surface area contributed by atoms with Gasteiger partial charge >= 0.3 is 0 Å². The molecule has 1 aromatic rings. The Morgan fingerprint density at radius 1 is 1.26 bits per heavy atom. The highest BCUT2D eigenvalue weighted by Crippen LogP contribution is 2.04. The van der Waals surface area contributed by atoms with Crippen LogP contribution < -0.4 is 10.8 Å². The zero-order valence-electron chi connectivity index (χ0n) is 11.1. The summed E-state index contributed by atoms with van der Waals surface area (Å²) in [6, 6.07) is 8.59. The van der Waals surface area contributed by atoms with Crippen LogP contribution in [0.2, 0.25) is 0 Å². The second-order valence-corrected chi connectivity index (χ2v) is 4.39. The van der Waals surface area contributed by atoms with Gasteiger partial charge < -0.3 is 5.32 Å². The fraction of sp³-hybridized carbons (Fsp3) is 0.429. The summed E-state index contributed by atoms with van der Waals surface area (Å²) >= 11 is 0. The van der Waals surface area contributed by atoms with Crippen molar-refractivity contribution in [2.75, 3.05) is 0 Å². The fourth-order valence-electron chi connectivity index (χ4n) is 1.74. The van der Waals surface area contributed by atoms with Crippen LogP contribution in [0.5, 0.6) is 0 Å². The minimum Gasteiger partial charge on any atom is -0.344 e. The van der Waals surface area contributed by atoms with Gasteiger partial charge in [0, 0.05) is 12.8 Å². The first-order valence-corrected chi connectivity index (χ1v) is 6.44. The van der Waals surface area contributed by atoms with Gasteiger partial charge in [-0.05, 0) is 12.0 Å². The second-order valence-electron chi connectivity index (χ2n) is 4.39. The molecule has 1 aromatic carbocycles. The van der Waals surface area contributed by atoms with E-state index in [-0.39, 0.29) is 5.91 Å². The minimum atomic E-state index is -0.753. The summed E-state index contributed by atoms with van der Waals surface area (Å²) in [5.74, 6) is -0.778. The molecule has 104 valence electrons. The molecule has 0 saturated heterocycles. The lowest BCUT2D eigenvalue weighted by Crippen LogP contribution is -2.47. The van der Waals surface area contributed by atoms with Gasteiger partial charge in [-0.15, -0.1) is 0 Å². The first-order valence-electron chi connectivity index (χ1n) is 6.44. The zero-order valence-corrected chi connectivity index (χ0v) is 11.1. The van der Waals surface area contributed by atoms with Crippen molar-refractivity contribution in [3.05, 3.63) is 35.9 Å². The van der Waals surface area contributed by atoms with Gasteiger partial charge in [-0.25, -0.2) is 5.48 Å². The van der Waals surface area contributed by atoms with Crippen molar-refractivity contribution in [2.24, 2.45) is 0 Å². The summed E-state index contributed by atoms with van der Waals surface area (Å²) in [6.07, 6.45) is 2.44. The molecule has 1 unspecified atom stereocenters. The van der Waals surface area contributed by atoms with Crippen molar-refractivity contribution in [1.82, 2.24) is 10.8 Å². The molecule has 5 nitrogen and oxygen atoms in total. The number of rotatable bonds is 7. The van der Waals surface area contributed by atoms with Gasteiger partial charge in [-0.2, -0.15) is 0 Å². The number of hydrogen-bond donors (Lipinski definition) is 3. The van der Waals surface area contributed by atoms with Crippen molar-refractivity contribution in [1.29, 1.82) is 0 Å². The van der Waals surface area contributed by atoms with E-state index in [4.69, 9.17) is 5.21 Å². The molecule has 1 rings (SSSR count). The molecule has 5 heteroatoms. The van der Waals surface area contributed by atoms with Gasteiger partial charge in [0.2, 0.25) is 5.91 Å². The van der Waals surface area contributed by atoms with Crippen LogP contribution in [0.1, 0.15) is 31.7 Å². The van der Waals surface area contributed by atoms with Gasteiger partial charge in [0.05, 0.1) is 0 Å². The van der Waals surface area contributed by atoms with Gasteiger partial charge in [0.25, 0.3) is 5.91 Å². The molecule has 0 aliphatic rings. The molecular formula is C14H20N2O3. The summed E-state index contributed by atoms with van der Waals surface area (Å²) in [4.78, 5) is 23.2. The van der Waals surface area contributed by atoms with E-state index in [2.05, 4.69) is 5.32 Å². The van der Waals surface area contributed by atoms with Crippen molar-refractivity contribution < 1.29 is 14.8 Å². The van der Waals surface area contributed by atoms with Crippen molar-refractivity contribution in [2.45, 2.75) is 38.6 Å². The van der Waals surface area contributed by atoms with Crippen LogP contribution in [0.15, 0.2) is 30.3 Å². The Bertz CT molecular complexity index is 406. The average molecular weight is 264 g/mol. The monoisotopic (exact) mass is 264 g/mol. The quantitative estimate of drug-likeness (QED) is 0.514. The molecule has 19 heavy (non-hydrogen) atoms. The summed E-state index contributed by atoms with van der Waals surface area (Å²) in [7, 11) is 0. The number of unbranched alkanes of at least 4 members (excludes halogenated alkanes) is 1. The molecule has 2 amide bonds. The zero-order chi connectivity index (χ0) is 14.1. The molecule has 0 spiro atoms. The van der Waals surface area contributed by atoms with Gasteiger partial charge in [-0.1, -0.05) is 43.7 Å². The van der Waals surface area contributed by atoms with E-state index in [1.165, 1.54) is 0 Å². The van der Waals surface area contributed by atoms with Crippen LogP contribution in [-0.2, 0) is 16.0 Å². The Kier molecular flexibility index (Phi) is 6.60. The largest absolute Gasteiger partial charge is 0.344 e. The molecule has 0 aliphatic heterocycles. The topological polar surface area (TPSA) is 78.4 Å². The number of carbonyl (C=O) groups is 2. The number of hydroxylamine groups is 1. The summed E-state index contributed by atoms with van der Waals surface area (Å²) in [6.45, 7) is 2.00. The Labute approximate surface area is 113 Å². The third kappa shape index (κ3) is 5.52. The van der Waals surface area contributed by atoms with E-state index >= 15 is 0 Å². The molecular weight excluding hydrogens is 244 g/mol. The number of benzene rings is 1. The third-order valence-corrected chi connectivity index (χ3v) is 2.80. The second kappa shape index (κ2) is 8.26. The van der Waals surface area contributed by atoms with Gasteiger partial charge in [0.15, 0.2) is 0 Å². The highest BCUT2D eigenvalue weighted by atomic mass is 16.5. The van der Waals surface area contributed by atoms with Crippen LogP contribution in [0.3, 0.4) is 0 Å². The number of hydrogen-bond acceptors (Lipinski definition) is 3. The molecule has 0 bridgehead atoms. The maximum atomic E-state index is 11.7. The summed E-state index contributed by atoms with van der Waals surface area (Å²) in [5, 5.41) is 11.4. The summed E-state index contributed by atoms with van der Waals surface area (Å²) in [5.41, 5.74) is 2.52. The smallest absolute Gasteiger partial charge is 0.266 e. The predicted molar refractivity (Wildman–Crippen MR) is 71.5 cm³/mol. The normalized spacial score (nSPS) is 11.7. The molecule has 0 saturated carbocycles. The van der Waals surface area contributed by atoms with Crippen LogP contribution in [0.4, 0.5) is 0 Å². The van der Waals surface area contributed by atoms with Crippen LogP contribution in [-0.4, -0.2) is 23.1 Å². The molecule has 0 heterocycles. The third-order valence-electron chi connectivity index (χ3n) is 2.80. The molecule has 0 aliphatic carbocycles. The lowest BCUT2D eigenvalue weighted by Gasteiger charge is -2.16. The van der Waals surface area contributed by atoms with Gasteiger partial charge in [0.1, 0.15) is 6.04 Å². The maximum absolute atomic E-state index is 11.7. The van der Waals surface area contributed by atoms with Crippen molar-refractivity contribution >= 4 is 11.8 Å². The maximum Gasteiger partial charge on any atom is 0.266 e. The van der Waals surface area contributed by atoms with Crippen molar-refractivity contribution in [3.63, 3.8) is 0 Å². The lowest BCUT2D eigenvalue weighted by atomic mass is 10.1. The van der Waals surface area contributed by atoms with E-state index in [1.54, 1.807) is 5.48 Å². The number of nitrogens with one attached hydrogen (secondary N) is 2.